The molecule has 0 unspecified atom stereocenters. The zero-order valence-electron chi connectivity index (χ0n) is 12.3. The normalized spacial score (nSPS) is 10.5. The van der Waals surface area contributed by atoms with E-state index < -0.39 is 11.7 Å². The van der Waals surface area contributed by atoms with Gasteiger partial charge in [-0.05, 0) is 23.6 Å². The number of rotatable bonds is 7. The van der Waals surface area contributed by atoms with Crippen molar-refractivity contribution in [3.8, 4) is 5.75 Å². The largest absolute Gasteiger partial charge is 0.481 e. The molecule has 3 aromatic rings. The number of benzene rings is 1. The fraction of sp³-hybridized carbons (Fsp3) is 0.133. The maximum absolute atomic E-state index is 13.4. The summed E-state index contributed by atoms with van der Waals surface area (Å²) in [5.41, 5.74) is 0. The number of nitrogens with zero attached hydrogens (tertiary/aromatic N) is 2. The highest BCUT2D eigenvalue weighted by atomic mass is 32.2. The highest BCUT2D eigenvalue weighted by Gasteiger charge is 2.11. The van der Waals surface area contributed by atoms with Gasteiger partial charge in [0.2, 0.25) is 5.13 Å². The fourth-order valence-corrected chi connectivity index (χ4v) is 4.25. The van der Waals surface area contributed by atoms with Crippen LogP contribution in [0.3, 0.4) is 0 Å². The number of halogens is 1. The average Bonchev–Trinajstić information content (AvgIpc) is 3.24. The van der Waals surface area contributed by atoms with E-state index in [1.54, 1.807) is 35.2 Å². The molecule has 1 N–H and O–H groups in total. The Labute approximate surface area is 149 Å². The van der Waals surface area contributed by atoms with Crippen molar-refractivity contribution in [1.82, 2.24) is 10.2 Å². The van der Waals surface area contributed by atoms with Crippen LogP contribution in [0.4, 0.5) is 9.52 Å². The zero-order valence-corrected chi connectivity index (χ0v) is 14.7. The summed E-state index contributed by atoms with van der Waals surface area (Å²) in [5.74, 6) is -0.0637. The molecule has 0 aliphatic rings. The Morgan fingerprint density at radius 1 is 1.25 bits per heavy atom. The van der Waals surface area contributed by atoms with Crippen LogP contribution in [0, 0.1) is 5.82 Å². The molecule has 0 spiro atoms. The summed E-state index contributed by atoms with van der Waals surface area (Å²) in [4.78, 5) is 13.1. The fourth-order valence-electron chi connectivity index (χ4n) is 1.71. The molecule has 124 valence electrons. The van der Waals surface area contributed by atoms with Crippen molar-refractivity contribution in [1.29, 1.82) is 0 Å². The van der Waals surface area contributed by atoms with Crippen LogP contribution in [0.1, 0.15) is 4.88 Å². The third kappa shape index (κ3) is 4.76. The van der Waals surface area contributed by atoms with Crippen molar-refractivity contribution in [3.63, 3.8) is 0 Å². The lowest BCUT2D eigenvalue weighted by molar-refractivity contribution is -0.118. The van der Waals surface area contributed by atoms with Crippen LogP contribution in [0.15, 0.2) is 46.1 Å². The van der Waals surface area contributed by atoms with Crippen molar-refractivity contribution < 1.29 is 13.9 Å². The van der Waals surface area contributed by atoms with Gasteiger partial charge in [-0.2, -0.15) is 0 Å². The Balaban J connectivity index is 1.47. The first-order valence-corrected chi connectivity index (χ1v) is 9.55. The van der Waals surface area contributed by atoms with E-state index in [1.807, 2.05) is 11.4 Å². The van der Waals surface area contributed by atoms with Crippen LogP contribution in [0.25, 0.3) is 0 Å². The van der Waals surface area contributed by atoms with Gasteiger partial charge in [0.15, 0.2) is 22.5 Å². The molecule has 0 bridgehead atoms. The van der Waals surface area contributed by atoms with Crippen LogP contribution < -0.4 is 10.1 Å². The predicted molar refractivity (Wildman–Crippen MR) is 94.3 cm³/mol. The SMILES string of the molecule is O=C(COc1ccccc1F)Nc1nnc(SCc2cccs2)s1. The molecule has 24 heavy (non-hydrogen) atoms. The standard InChI is InChI=1S/C15H12FN3O2S3/c16-11-5-1-2-6-12(11)21-8-13(20)17-14-18-19-15(24-14)23-9-10-4-3-7-22-10/h1-7H,8-9H2,(H,17,18,20). The highest BCUT2D eigenvalue weighted by Crippen LogP contribution is 2.29. The van der Waals surface area contributed by atoms with E-state index in [-0.39, 0.29) is 12.4 Å². The van der Waals surface area contributed by atoms with Crippen molar-refractivity contribution in [2.45, 2.75) is 10.1 Å². The van der Waals surface area contributed by atoms with Crippen LogP contribution in [-0.2, 0) is 10.5 Å². The van der Waals surface area contributed by atoms with Crippen LogP contribution in [0.5, 0.6) is 5.75 Å². The Kier molecular flexibility index (Phi) is 5.78. The summed E-state index contributed by atoms with van der Waals surface area (Å²) in [6, 6.07) is 9.99. The molecular formula is C15H12FN3O2S3. The Morgan fingerprint density at radius 2 is 2.12 bits per heavy atom. The molecule has 3 rings (SSSR count). The van der Waals surface area contributed by atoms with Gasteiger partial charge in [0.1, 0.15) is 0 Å². The molecule has 5 nitrogen and oxygen atoms in total. The molecule has 2 heterocycles. The minimum absolute atomic E-state index is 0.0390. The first-order valence-electron chi connectivity index (χ1n) is 6.86. The first kappa shape index (κ1) is 16.9. The molecule has 0 saturated carbocycles. The Bertz CT molecular complexity index is 808. The van der Waals surface area contributed by atoms with Gasteiger partial charge in [-0.1, -0.05) is 41.3 Å². The number of nitrogens with one attached hydrogen (secondary N) is 1. The van der Waals surface area contributed by atoms with Crippen LogP contribution in [0.2, 0.25) is 0 Å². The molecule has 0 aliphatic heterocycles. The summed E-state index contributed by atoms with van der Waals surface area (Å²) in [6.07, 6.45) is 0. The predicted octanol–water partition coefficient (Wildman–Crippen LogP) is 4.05. The molecular weight excluding hydrogens is 369 g/mol. The summed E-state index contributed by atoms with van der Waals surface area (Å²) in [7, 11) is 0. The van der Waals surface area contributed by atoms with Crippen molar-refractivity contribution in [2.75, 3.05) is 11.9 Å². The number of aromatic nitrogens is 2. The van der Waals surface area contributed by atoms with Crippen LogP contribution in [-0.4, -0.2) is 22.7 Å². The molecule has 0 saturated heterocycles. The molecule has 0 radical (unpaired) electrons. The lowest BCUT2D eigenvalue weighted by Crippen LogP contribution is -2.20. The quantitative estimate of drug-likeness (QED) is 0.494. The molecule has 2 aromatic heterocycles. The monoisotopic (exact) mass is 381 g/mol. The van der Waals surface area contributed by atoms with Crippen molar-refractivity contribution >= 4 is 45.5 Å². The topological polar surface area (TPSA) is 64.1 Å². The molecule has 0 fully saturated rings. The molecule has 0 atom stereocenters. The molecule has 1 aromatic carbocycles. The number of ether oxygens (including phenoxy) is 1. The second-order valence-electron chi connectivity index (χ2n) is 4.51. The van der Waals surface area contributed by atoms with Gasteiger partial charge in [0.25, 0.3) is 5.91 Å². The number of carbonyl (C=O) groups excluding carboxylic acids is 1. The number of carbonyl (C=O) groups is 1. The second kappa shape index (κ2) is 8.22. The maximum Gasteiger partial charge on any atom is 0.264 e. The van der Waals surface area contributed by atoms with Gasteiger partial charge < -0.3 is 4.74 Å². The molecule has 1 amide bonds. The second-order valence-corrected chi connectivity index (χ2v) is 7.74. The van der Waals surface area contributed by atoms with E-state index >= 15 is 0 Å². The van der Waals surface area contributed by atoms with Gasteiger partial charge in [0, 0.05) is 10.6 Å². The Hall–Kier alpha value is -1.97. The lowest BCUT2D eigenvalue weighted by Gasteiger charge is -2.05. The van der Waals surface area contributed by atoms with Gasteiger partial charge in [-0.3, -0.25) is 10.1 Å². The van der Waals surface area contributed by atoms with E-state index in [0.717, 1.165) is 10.1 Å². The zero-order chi connectivity index (χ0) is 16.8. The van der Waals surface area contributed by atoms with Crippen molar-refractivity contribution in [2.24, 2.45) is 0 Å². The number of anilines is 1. The minimum atomic E-state index is -0.506. The van der Waals surface area contributed by atoms with E-state index in [2.05, 4.69) is 21.6 Å². The smallest absolute Gasteiger partial charge is 0.264 e. The third-order valence-electron chi connectivity index (χ3n) is 2.77. The number of hydrogen-bond acceptors (Lipinski definition) is 7. The summed E-state index contributed by atoms with van der Waals surface area (Å²) in [6.45, 7) is -0.293. The summed E-state index contributed by atoms with van der Waals surface area (Å²) >= 11 is 4.54. The maximum atomic E-state index is 13.4. The number of para-hydroxylation sites is 1. The van der Waals surface area contributed by atoms with Crippen molar-refractivity contribution in [3.05, 3.63) is 52.5 Å². The van der Waals surface area contributed by atoms with Crippen LogP contribution >= 0.6 is 34.4 Å². The lowest BCUT2D eigenvalue weighted by atomic mass is 10.3. The number of thioether (sulfide) groups is 1. The molecule has 9 heteroatoms. The number of thiophene rings is 1. The van der Waals surface area contributed by atoms with E-state index in [1.165, 1.54) is 28.3 Å². The van der Waals surface area contributed by atoms with Gasteiger partial charge in [-0.15, -0.1) is 21.5 Å². The first-order chi connectivity index (χ1) is 11.7. The third-order valence-corrected chi connectivity index (χ3v) is 5.85. The number of amides is 1. The van der Waals surface area contributed by atoms with E-state index in [0.29, 0.717) is 5.13 Å². The van der Waals surface area contributed by atoms with Gasteiger partial charge in [-0.25, -0.2) is 4.39 Å². The summed E-state index contributed by atoms with van der Waals surface area (Å²) < 4.78 is 19.3. The Morgan fingerprint density at radius 3 is 2.92 bits per heavy atom. The molecule has 0 aliphatic carbocycles. The van der Waals surface area contributed by atoms with E-state index in [9.17, 15) is 9.18 Å². The van der Waals surface area contributed by atoms with Gasteiger partial charge >= 0.3 is 0 Å². The minimum Gasteiger partial charge on any atom is -0.481 e. The summed E-state index contributed by atoms with van der Waals surface area (Å²) in [5, 5.41) is 13.0. The van der Waals surface area contributed by atoms with Gasteiger partial charge in [0.05, 0.1) is 0 Å². The van der Waals surface area contributed by atoms with E-state index in [4.69, 9.17) is 4.74 Å². The number of hydrogen-bond donors (Lipinski definition) is 1. The highest BCUT2D eigenvalue weighted by molar-refractivity contribution is 8.00. The average molecular weight is 381 g/mol.